The molecule has 0 bridgehead atoms. The van der Waals surface area contributed by atoms with Gasteiger partial charge < -0.3 is 0 Å². The van der Waals surface area contributed by atoms with E-state index in [-0.39, 0.29) is 0 Å². The molecule has 1 aromatic carbocycles. The van der Waals surface area contributed by atoms with Crippen LogP contribution in [0.5, 0.6) is 0 Å². The second-order valence-corrected chi connectivity index (χ2v) is 6.28. The van der Waals surface area contributed by atoms with Crippen LogP contribution in [0.2, 0.25) is 0 Å². The van der Waals surface area contributed by atoms with Crippen LogP contribution in [0, 0.1) is 5.82 Å². The summed E-state index contributed by atoms with van der Waals surface area (Å²) in [6.45, 7) is 0. The summed E-state index contributed by atoms with van der Waals surface area (Å²) in [5, 5.41) is 4.66. The van der Waals surface area contributed by atoms with Gasteiger partial charge in [-0.2, -0.15) is 8.78 Å². The summed E-state index contributed by atoms with van der Waals surface area (Å²) >= 11 is 0. The number of rotatable bonds is 4. The first kappa shape index (κ1) is 14.7. The molecule has 0 atom stereocenters. The minimum atomic E-state index is -4.95. The zero-order chi connectivity index (χ0) is 14.1. The molecular formula is C7H7F3N2O4S2. The Morgan fingerprint density at radius 3 is 2.11 bits per heavy atom. The van der Waals surface area contributed by atoms with Crippen LogP contribution in [0.25, 0.3) is 0 Å². The van der Waals surface area contributed by atoms with Crippen LogP contribution in [-0.4, -0.2) is 22.6 Å². The van der Waals surface area contributed by atoms with Crippen molar-refractivity contribution in [1.29, 1.82) is 0 Å². The number of sulfonamides is 2. The topological polar surface area (TPSA) is 106 Å². The van der Waals surface area contributed by atoms with Crippen LogP contribution in [0.4, 0.5) is 18.9 Å². The lowest BCUT2D eigenvalue weighted by molar-refractivity contribution is 0.236. The average Bonchev–Trinajstić information content (AvgIpc) is 2.14. The second kappa shape index (κ2) is 4.74. The summed E-state index contributed by atoms with van der Waals surface area (Å²) in [6.07, 6.45) is 0. The van der Waals surface area contributed by atoms with Gasteiger partial charge in [-0.3, -0.25) is 4.72 Å². The molecular weight excluding hydrogens is 297 g/mol. The van der Waals surface area contributed by atoms with Crippen LogP contribution in [0.3, 0.4) is 0 Å². The van der Waals surface area contributed by atoms with E-state index < -0.39 is 42.2 Å². The lowest BCUT2D eigenvalue weighted by Crippen LogP contribution is -2.21. The third-order valence-corrected chi connectivity index (χ3v) is 3.67. The van der Waals surface area contributed by atoms with Crippen molar-refractivity contribution in [1.82, 2.24) is 0 Å². The quantitative estimate of drug-likeness (QED) is 0.841. The Labute approximate surface area is 101 Å². The number of nitrogens with two attached hydrogens (primary N) is 1. The molecule has 0 aliphatic heterocycles. The molecule has 0 radical (unpaired) electrons. The van der Waals surface area contributed by atoms with E-state index in [1.54, 1.807) is 0 Å². The van der Waals surface area contributed by atoms with Gasteiger partial charge in [0, 0.05) is 0 Å². The Morgan fingerprint density at radius 1 is 1.17 bits per heavy atom. The Balaban J connectivity index is 3.15. The molecule has 18 heavy (non-hydrogen) atoms. The lowest BCUT2D eigenvalue weighted by Gasteiger charge is -2.08. The molecule has 0 heterocycles. The van der Waals surface area contributed by atoms with Crippen molar-refractivity contribution in [2.75, 3.05) is 4.72 Å². The van der Waals surface area contributed by atoms with Gasteiger partial charge >= 0.3 is 5.76 Å². The molecule has 0 saturated heterocycles. The predicted octanol–water partition coefficient (Wildman–Crippen LogP) is 0.437. The van der Waals surface area contributed by atoms with E-state index in [1.807, 2.05) is 0 Å². The number of hydrogen-bond donors (Lipinski definition) is 2. The van der Waals surface area contributed by atoms with Gasteiger partial charge in [-0.15, -0.1) is 0 Å². The molecule has 1 aromatic rings. The fourth-order valence-electron chi connectivity index (χ4n) is 1.00. The largest absolute Gasteiger partial charge is 0.355 e. The van der Waals surface area contributed by atoms with Gasteiger partial charge in [-0.1, -0.05) is 0 Å². The van der Waals surface area contributed by atoms with E-state index in [4.69, 9.17) is 0 Å². The molecule has 0 fully saturated rings. The summed E-state index contributed by atoms with van der Waals surface area (Å²) < 4.78 is 81.8. The van der Waals surface area contributed by atoms with Crippen LogP contribution >= 0.6 is 0 Å². The fourth-order valence-corrected chi connectivity index (χ4v) is 2.14. The van der Waals surface area contributed by atoms with E-state index in [2.05, 4.69) is 5.14 Å². The Kier molecular flexibility index (Phi) is 3.88. The van der Waals surface area contributed by atoms with E-state index in [0.29, 0.717) is 12.1 Å². The van der Waals surface area contributed by atoms with E-state index in [0.717, 1.165) is 6.07 Å². The van der Waals surface area contributed by atoms with Crippen molar-refractivity contribution >= 4 is 25.7 Å². The van der Waals surface area contributed by atoms with Gasteiger partial charge in [-0.25, -0.2) is 26.4 Å². The van der Waals surface area contributed by atoms with Crippen molar-refractivity contribution in [2.45, 2.75) is 10.7 Å². The predicted molar refractivity (Wildman–Crippen MR) is 56.3 cm³/mol. The fraction of sp³-hybridized carbons (Fsp3) is 0.143. The highest BCUT2D eigenvalue weighted by Gasteiger charge is 2.24. The monoisotopic (exact) mass is 304 g/mol. The summed E-state index contributed by atoms with van der Waals surface area (Å²) in [5.41, 5.74) is -0.541. The van der Waals surface area contributed by atoms with Crippen molar-refractivity contribution in [3.8, 4) is 0 Å². The van der Waals surface area contributed by atoms with Gasteiger partial charge in [0.05, 0.1) is 5.69 Å². The number of hydrogen-bond acceptors (Lipinski definition) is 4. The van der Waals surface area contributed by atoms with Crippen LogP contribution < -0.4 is 9.86 Å². The third kappa shape index (κ3) is 3.34. The number of nitrogens with one attached hydrogen (secondary N) is 1. The molecule has 0 aliphatic rings. The molecule has 3 N–H and O–H groups in total. The first-order chi connectivity index (χ1) is 8.04. The standard InChI is InChI=1S/C7H7F3N2O4S2/c8-5-3-4(12-18(15,16)7(9)10)1-2-6(5)17(11,13)14/h1-3,7,12H,(H2,11,13,14). The maximum Gasteiger partial charge on any atom is 0.355 e. The number of halogens is 3. The molecule has 102 valence electrons. The first-order valence-electron chi connectivity index (χ1n) is 4.16. The molecule has 0 amide bonds. The van der Waals surface area contributed by atoms with Crippen molar-refractivity contribution in [3.63, 3.8) is 0 Å². The Morgan fingerprint density at radius 2 is 1.72 bits per heavy atom. The number of alkyl halides is 2. The van der Waals surface area contributed by atoms with Gasteiger partial charge in [-0.05, 0) is 18.2 Å². The van der Waals surface area contributed by atoms with Crippen molar-refractivity contribution < 1.29 is 30.0 Å². The SMILES string of the molecule is NS(=O)(=O)c1ccc(NS(=O)(=O)C(F)F)cc1F. The van der Waals surface area contributed by atoms with Crippen molar-refractivity contribution in [3.05, 3.63) is 24.0 Å². The highest BCUT2D eigenvalue weighted by molar-refractivity contribution is 7.93. The zero-order valence-corrected chi connectivity index (χ0v) is 10.1. The minimum absolute atomic E-state index is 0.430. The maximum atomic E-state index is 13.2. The molecule has 0 spiro atoms. The molecule has 0 aliphatic carbocycles. The zero-order valence-electron chi connectivity index (χ0n) is 8.47. The average molecular weight is 304 g/mol. The highest BCUT2D eigenvalue weighted by Crippen LogP contribution is 2.20. The molecule has 0 unspecified atom stereocenters. The molecule has 6 nitrogen and oxygen atoms in total. The lowest BCUT2D eigenvalue weighted by atomic mass is 10.3. The van der Waals surface area contributed by atoms with Crippen LogP contribution in [0.1, 0.15) is 0 Å². The van der Waals surface area contributed by atoms with Gasteiger partial charge in [0.25, 0.3) is 10.0 Å². The molecule has 1 rings (SSSR count). The van der Waals surface area contributed by atoms with Crippen LogP contribution in [0.15, 0.2) is 23.1 Å². The van der Waals surface area contributed by atoms with Crippen molar-refractivity contribution in [2.24, 2.45) is 5.14 Å². The second-order valence-electron chi connectivity index (χ2n) is 3.10. The van der Waals surface area contributed by atoms with Gasteiger partial charge in [0.1, 0.15) is 10.7 Å². The number of benzene rings is 1. The van der Waals surface area contributed by atoms with Gasteiger partial charge in [0.15, 0.2) is 0 Å². The molecule has 11 heteroatoms. The number of primary sulfonamides is 1. The Bertz CT molecular complexity index is 657. The maximum absolute atomic E-state index is 13.2. The van der Waals surface area contributed by atoms with E-state index in [9.17, 15) is 30.0 Å². The van der Waals surface area contributed by atoms with Crippen LogP contribution in [-0.2, 0) is 20.0 Å². The van der Waals surface area contributed by atoms with E-state index in [1.165, 1.54) is 4.72 Å². The first-order valence-corrected chi connectivity index (χ1v) is 7.25. The molecule has 0 aromatic heterocycles. The number of anilines is 1. The Hall–Kier alpha value is -1.33. The molecule has 0 saturated carbocycles. The normalized spacial score (nSPS) is 12.7. The summed E-state index contributed by atoms with van der Waals surface area (Å²) in [4.78, 5) is -0.873. The third-order valence-electron chi connectivity index (χ3n) is 1.73. The highest BCUT2D eigenvalue weighted by atomic mass is 32.2. The summed E-state index contributed by atoms with van der Waals surface area (Å²) in [5.74, 6) is -5.05. The summed E-state index contributed by atoms with van der Waals surface area (Å²) in [7, 11) is -9.26. The summed E-state index contributed by atoms with van der Waals surface area (Å²) in [6, 6.07) is 1.89. The van der Waals surface area contributed by atoms with Gasteiger partial charge in [0.2, 0.25) is 10.0 Å². The smallest absolute Gasteiger partial charge is 0.279 e. The van der Waals surface area contributed by atoms with E-state index >= 15 is 0 Å². The minimum Gasteiger partial charge on any atom is -0.279 e.